The first-order chi connectivity index (χ1) is 8.58. The van der Waals surface area contributed by atoms with Crippen molar-refractivity contribution in [3.63, 3.8) is 0 Å². The molecule has 0 bridgehead atoms. The molecule has 1 rings (SSSR count). The van der Waals surface area contributed by atoms with E-state index in [0.29, 0.717) is 12.1 Å². The van der Waals surface area contributed by atoms with E-state index in [9.17, 15) is 0 Å². The molecule has 0 aliphatic rings. The van der Waals surface area contributed by atoms with Crippen LogP contribution >= 0.6 is 0 Å². The zero-order valence-electron chi connectivity index (χ0n) is 12.5. The average Bonchev–Trinajstić information content (AvgIpc) is 2.75. The fourth-order valence-electron chi connectivity index (χ4n) is 2.27. The topological polar surface area (TPSA) is 28.4 Å². The lowest BCUT2D eigenvalue weighted by Gasteiger charge is -2.25. The van der Waals surface area contributed by atoms with E-state index in [2.05, 4.69) is 51.0 Å². The van der Waals surface area contributed by atoms with Gasteiger partial charge in [-0.1, -0.05) is 27.7 Å². The lowest BCUT2D eigenvalue weighted by atomic mass is 10.1. The van der Waals surface area contributed by atoms with Gasteiger partial charge in [-0.3, -0.25) is 4.90 Å². The first-order valence-electron chi connectivity index (χ1n) is 7.07. The van der Waals surface area contributed by atoms with Crippen LogP contribution in [0.15, 0.2) is 16.7 Å². The molecular formula is C15H28N2O. The van der Waals surface area contributed by atoms with Gasteiger partial charge in [0.1, 0.15) is 5.76 Å². The highest BCUT2D eigenvalue weighted by Gasteiger charge is 2.14. The second kappa shape index (κ2) is 7.59. The van der Waals surface area contributed by atoms with Crippen LogP contribution in [0.3, 0.4) is 0 Å². The smallest absolute Gasteiger partial charge is 0.122 e. The van der Waals surface area contributed by atoms with E-state index in [-0.39, 0.29) is 0 Å². The van der Waals surface area contributed by atoms with E-state index in [4.69, 9.17) is 4.42 Å². The van der Waals surface area contributed by atoms with Crippen LogP contribution in [-0.4, -0.2) is 24.0 Å². The van der Waals surface area contributed by atoms with Gasteiger partial charge in [-0.2, -0.15) is 0 Å². The van der Waals surface area contributed by atoms with Gasteiger partial charge in [-0.15, -0.1) is 0 Å². The van der Waals surface area contributed by atoms with Gasteiger partial charge in [-0.25, -0.2) is 0 Å². The largest absolute Gasteiger partial charge is 0.468 e. The molecule has 3 nitrogen and oxygen atoms in total. The summed E-state index contributed by atoms with van der Waals surface area (Å²) in [6.45, 7) is 10.6. The Balaban J connectivity index is 2.58. The van der Waals surface area contributed by atoms with Crippen molar-refractivity contribution in [3.05, 3.63) is 23.7 Å². The van der Waals surface area contributed by atoms with Crippen molar-refractivity contribution in [2.24, 2.45) is 0 Å². The van der Waals surface area contributed by atoms with Crippen LogP contribution < -0.4 is 5.32 Å². The minimum atomic E-state index is 0.486. The molecule has 0 saturated heterocycles. The van der Waals surface area contributed by atoms with Crippen molar-refractivity contribution in [1.82, 2.24) is 10.2 Å². The predicted octanol–water partition coefficient (Wildman–Crippen LogP) is 3.40. The third-order valence-corrected chi connectivity index (χ3v) is 3.49. The molecule has 1 N–H and O–H groups in total. The van der Waals surface area contributed by atoms with E-state index < -0.39 is 0 Å². The maximum Gasteiger partial charge on any atom is 0.122 e. The quantitative estimate of drug-likeness (QED) is 0.768. The van der Waals surface area contributed by atoms with Crippen molar-refractivity contribution in [1.29, 1.82) is 0 Å². The second-order valence-corrected chi connectivity index (χ2v) is 5.29. The van der Waals surface area contributed by atoms with Gasteiger partial charge >= 0.3 is 0 Å². The summed E-state index contributed by atoms with van der Waals surface area (Å²) in [6, 6.07) is 3.24. The molecule has 0 fully saturated rings. The van der Waals surface area contributed by atoms with Gasteiger partial charge in [-0.05, 0) is 26.0 Å². The first kappa shape index (κ1) is 15.3. The van der Waals surface area contributed by atoms with Gasteiger partial charge < -0.3 is 9.73 Å². The second-order valence-electron chi connectivity index (χ2n) is 5.29. The standard InChI is InChI=1S/C15H28N2O/c1-6-14(7-2)17(5)11-13-8-9-18-15(13)10-16-12(3)4/h8-9,12,14,16H,6-7,10-11H2,1-5H3. The van der Waals surface area contributed by atoms with Crippen molar-refractivity contribution >= 4 is 0 Å². The monoisotopic (exact) mass is 252 g/mol. The minimum Gasteiger partial charge on any atom is -0.468 e. The number of hydrogen-bond donors (Lipinski definition) is 1. The summed E-state index contributed by atoms with van der Waals surface area (Å²) in [5, 5.41) is 3.41. The molecule has 1 heterocycles. The average molecular weight is 252 g/mol. The van der Waals surface area contributed by atoms with Gasteiger partial charge in [0.05, 0.1) is 12.8 Å². The van der Waals surface area contributed by atoms with Crippen LogP contribution in [0.5, 0.6) is 0 Å². The maximum atomic E-state index is 5.57. The van der Waals surface area contributed by atoms with E-state index in [1.54, 1.807) is 6.26 Å². The summed E-state index contributed by atoms with van der Waals surface area (Å²) >= 11 is 0. The maximum absolute atomic E-state index is 5.57. The molecule has 1 aromatic rings. The zero-order chi connectivity index (χ0) is 13.5. The molecule has 0 unspecified atom stereocenters. The summed E-state index contributed by atoms with van der Waals surface area (Å²) in [5.74, 6) is 1.07. The molecular weight excluding hydrogens is 224 g/mol. The fourth-order valence-corrected chi connectivity index (χ4v) is 2.27. The van der Waals surface area contributed by atoms with E-state index in [1.807, 2.05) is 0 Å². The molecule has 0 atom stereocenters. The molecule has 3 heteroatoms. The number of hydrogen-bond acceptors (Lipinski definition) is 3. The third-order valence-electron chi connectivity index (χ3n) is 3.49. The fraction of sp³-hybridized carbons (Fsp3) is 0.733. The molecule has 0 saturated carbocycles. The number of nitrogens with one attached hydrogen (secondary N) is 1. The van der Waals surface area contributed by atoms with E-state index in [1.165, 1.54) is 18.4 Å². The molecule has 18 heavy (non-hydrogen) atoms. The highest BCUT2D eigenvalue weighted by molar-refractivity contribution is 5.17. The minimum absolute atomic E-state index is 0.486. The van der Waals surface area contributed by atoms with Gasteiger partial charge in [0, 0.05) is 24.2 Å². The summed E-state index contributed by atoms with van der Waals surface area (Å²) in [7, 11) is 2.20. The molecule has 0 aliphatic carbocycles. The van der Waals surface area contributed by atoms with Crippen LogP contribution in [0, 0.1) is 0 Å². The van der Waals surface area contributed by atoms with E-state index in [0.717, 1.165) is 18.8 Å². The molecule has 104 valence electrons. The Kier molecular flexibility index (Phi) is 6.44. The van der Waals surface area contributed by atoms with Crippen molar-refractivity contribution < 1.29 is 4.42 Å². The highest BCUT2D eigenvalue weighted by atomic mass is 16.3. The highest BCUT2D eigenvalue weighted by Crippen LogP contribution is 2.16. The summed E-state index contributed by atoms with van der Waals surface area (Å²) in [6.07, 6.45) is 4.20. The lowest BCUT2D eigenvalue weighted by molar-refractivity contribution is 0.220. The number of rotatable bonds is 8. The Labute approximate surface area is 112 Å². The third kappa shape index (κ3) is 4.46. The molecule has 0 radical (unpaired) electrons. The summed E-state index contributed by atoms with van der Waals surface area (Å²) in [4.78, 5) is 2.42. The summed E-state index contributed by atoms with van der Waals surface area (Å²) < 4.78 is 5.57. The lowest BCUT2D eigenvalue weighted by Crippen LogP contribution is -2.30. The number of nitrogens with zero attached hydrogens (tertiary/aromatic N) is 1. The molecule has 1 aromatic heterocycles. The van der Waals surface area contributed by atoms with Crippen LogP contribution in [0.25, 0.3) is 0 Å². The Morgan fingerprint density at radius 2 is 1.94 bits per heavy atom. The van der Waals surface area contributed by atoms with Crippen LogP contribution in [-0.2, 0) is 13.1 Å². The predicted molar refractivity (Wildman–Crippen MR) is 76.5 cm³/mol. The Hall–Kier alpha value is -0.800. The molecule has 0 aromatic carbocycles. The van der Waals surface area contributed by atoms with Crippen LogP contribution in [0.1, 0.15) is 51.9 Å². The molecule has 0 aliphatic heterocycles. The van der Waals surface area contributed by atoms with Crippen molar-refractivity contribution in [2.75, 3.05) is 7.05 Å². The Morgan fingerprint density at radius 3 is 2.50 bits per heavy atom. The van der Waals surface area contributed by atoms with Crippen LogP contribution in [0.4, 0.5) is 0 Å². The van der Waals surface area contributed by atoms with Gasteiger partial charge in [0.2, 0.25) is 0 Å². The normalized spacial score (nSPS) is 12.0. The molecule has 0 amide bonds. The van der Waals surface area contributed by atoms with Gasteiger partial charge in [0.15, 0.2) is 0 Å². The summed E-state index contributed by atoms with van der Waals surface area (Å²) in [5.41, 5.74) is 1.30. The number of furan rings is 1. The first-order valence-corrected chi connectivity index (χ1v) is 7.07. The van der Waals surface area contributed by atoms with Gasteiger partial charge in [0.25, 0.3) is 0 Å². The Morgan fingerprint density at radius 1 is 1.28 bits per heavy atom. The Bertz CT molecular complexity index is 329. The van der Waals surface area contributed by atoms with E-state index >= 15 is 0 Å². The van der Waals surface area contributed by atoms with Crippen LogP contribution in [0.2, 0.25) is 0 Å². The zero-order valence-corrected chi connectivity index (χ0v) is 12.5. The van der Waals surface area contributed by atoms with Crippen molar-refractivity contribution in [3.8, 4) is 0 Å². The molecule has 0 spiro atoms. The SMILES string of the molecule is CCC(CC)N(C)Cc1ccoc1CNC(C)C. The van der Waals surface area contributed by atoms with Crippen molar-refractivity contribution in [2.45, 2.75) is 65.7 Å².